The van der Waals surface area contributed by atoms with Crippen molar-refractivity contribution >= 4 is 17.6 Å². The normalized spacial score (nSPS) is 10.3. The van der Waals surface area contributed by atoms with Gasteiger partial charge in [0, 0.05) is 19.2 Å². The summed E-state index contributed by atoms with van der Waals surface area (Å²) >= 11 is 0. The Bertz CT molecular complexity index is 645. The van der Waals surface area contributed by atoms with Gasteiger partial charge in [-0.2, -0.15) is 5.10 Å². The molecule has 0 aliphatic carbocycles. The SMILES string of the molecule is Cn1ncc(C(N)=O)c1NC(=O)c1ccc(CN)cc1. The van der Waals surface area contributed by atoms with E-state index in [0.717, 1.165) is 5.56 Å². The number of nitrogens with one attached hydrogen (secondary N) is 1. The van der Waals surface area contributed by atoms with E-state index < -0.39 is 5.91 Å². The second-order valence-electron chi connectivity index (χ2n) is 4.25. The van der Waals surface area contributed by atoms with Crippen LogP contribution in [0.5, 0.6) is 0 Å². The average molecular weight is 273 g/mol. The number of rotatable bonds is 4. The van der Waals surface area contributed by atoms with Crippen molar-refractivity contribution < 1.29 is 9.59 Å². The van der Waals surface area contributed by atoms with Crippen LogP contribution in [0.4, 0.5) is 5.82 Å². The number of primary amides is 1. The van der Waals surface area contributed by atoms with E-state index in [-0.39, 0.29) is 17.3 Å². The minimum atomic E-state index is -0.646. The third-order valence-corrected chi connectivity index (χ3v) is 2.89. The number of aromatic nitrogens is 2. The molecule has 0 saturated carbocycles. The van der Waals surface area contributed by atoms with E-state index >= 15 is 0 Å². The molecular formula is C13H15N5O2. The van der Waals surface area contributed by atoms with Crippen molar-refractivity contribution in [3.05, 3.63) is 47.2 Å². The van der Waals surface area contributed by atoms with Crippen molar-refractivity contribution in [3.63, 3.8) is 0 Å². The fraction of sp³-hybridized carbons (Fsp3) is 0.154. The van der Waals surface area contributed by atoms with Gasteiger partial charge in [0.25, 0.3) is 11.8 Å². The van der Waals surface area contributed by atoms with E-state index in [0.29, 0.717) is 12.1 Å². The molecular weight excluding hydrogens is 258 g/mol. The van der Waals surface area contributed by atoms with E-state index in [2.05, 4.69) is 10.4 Å². The van der Waals surface area contributed by atoms with E-state index in [4.69, 9.17) is 11.5 Å². The van der Waals surface area contributed by atoms with Crippen LogP contribution in [-0.4, -0.2) is 21.6 Å². The molecule has 0 aliphatic heterocycles. The molecule has 0 unspecified atom stereocenters. The van der Waals surface area contributed by atoms with Crippen LogP contribution in [-0.2, 0) is 13.6 Å². The third kappa shape index (κ3) is 2.67. The molecule has 0 bridgehead atoms. The Labute approximate surface area is 115 Å². The third-order valence-electron chi connectivity index (χ3n) is 2.89. The molecule has 7 nitrogen and oxygen atoms in total. The predicted octanol–water partition coefficient (Wildman–Crippen LogP) is 0.230. The first-order valence-corrected chi connectivity index (χ1v) is 5.95. The standard InChI is InChI=1S/C13H15N5O2/c1-18-12(10(7-16-18)11(15)19)17-13(20)9-4-2-8(6-14)3-5-9/h2-5,7H,6,14H2,1H3,(H2,15,19)(H,17,20). The minimum Gasteiger partial charge on any atom is -0.365 e. The molecule has 20 heavy (non-hydrogen) atoms. The van der Waals surface area contributed by atoms with Crippen molar-refractivity contribution in [2.24, 2.45) is 18.5 Å². The first kappa shape index (κ1) is 13.8. The lowest BCUT2D eigenvalue weighted by molar-refractivity contribution is 0.100. The van der Waals surface area contributed by atoms with Crippen LogP contribution in [0.1, 0.15) is 26.3 Å². The lowest BCUT2D eigenvalue weighted by atomic mass is 10.1. The summed E-state index contributed by atoms with van der Waals surface area (Å²) in [5, 5.41) is 6.52. The Balaban J connectivity index is 2.23. The topological polar surface area (TPSA) is 116 Å². The Morgan fingerprint density at radius 2 is 1.95 bits per heavy atom. The molecule has 2 amide bonds. The number of carbonyl (C=O) groups excluding carboxylic acids is 2. The molecule has 2 rings (SSSR count). The van der Waals surface area contributed by atoms with Gasteiger partial charge in [0.2, 0.25) is 0 Å². The van der Waals surface area contributed by atoms with E-state index in [1.807, 2.05) is 0 Å². The summed E-state index contributed by atoms with van der Waals surface area (Å²) in [6, 6.07) is 6.87. The van der Waals surface area contributed by atoms with Gasteiger partial charge in [-0.3, -0.25) is 14.3 Å². The van der Waals surface area contributed by atoms with E-state index in [9.17, 15) is 9.59 Å². The maximum Gasteiger partial charge on any atom is 0.256 e. The number of hydrogen-bond donors (Lipinski definition) is 3. The van der Waals surface area contributed by atoms with Gasteiger partial charge in [-0.1, -0.05) is 12.1 Å². The summed E-state index contributed by atoms with van der Waals surface area (Å²) < 4.78 is 1.38. The van der Waals surface area contributed by atoms with Gasteiger partial charge in [0.1, 0.15) is 11.4 Å². The summed E-state index contributed by atoms with van der Waals surface area (Å²) in [4.78, 5) is 23.3. The number of amides is 2. The van der Waals surface area contributed by atoms with E-state index in [1.54, 1.807) is 31.3 Å². The fourth-order valence-corrected chi connectivity index (χ4v) is 1.74. The first-order valence-electron chi connectivity index (χ1n) is 5.95. The number of carbonyl (C=O) groups is 2. The summed E-state index contributed by atoms with van der Waals surface area (Å²) in [5.41, 5.74) is 12.3. The second-order valence-corrected chi connectivity index (χ2v) is 4.25. The molecule has 0 radical (unpaired) electrons. The number of nitrogens with two attached hydrogens (primary N) is 2. The molecule has 0 atom stereocenters. The van der Waals surface area contributed by atoms with Crippen LogP contribution < -0.4 is 16.8 Å². The lowest BCUT2D eigenvalue weighted by Crippen LogP contribution is -2.19. The largest absolute Gasteiger partial charge is 0.365 e. The summed E-state index contributed by atoms with van der Waals surface area (Å²) in [7, 11) is 1.61. The number of aryl methyl sites for hydroxylation is 1. The number of anilines is 1. The van der Waals surface area contributed by atoms with E-state index in [1.165, 1.54) is 10.9 Å². The summed E-state index contributed by atoms with van der Waals surface area (Å²) in [5.74, 6) is -0.725. The van der Waals surface area contributed by atoms with Crippen LogP contribution in [0.25, 0.3) is 0 Å². The zero-order chi connectivity index (χ0) is 14.7. The lowest BCUT2D eigenvalue weighted by Gasteiger charge is -2.07. The highest BCUT2D eigenvalue weighted by Gasteiger charge is 2.16. The Morgan fingerprint density at radius 3 is 2.50 bits per heavy atom. The zero-order valence-electron chi connectivity index (χ0n) is 11.0. The van der Waals surface area contributed by atoms with Crippen LogP contribution in [0.15, 0.2) is 30.5 Å². The molecule has 0 fully saturated rings. The molecule has 1 aromatic carbocycles. The fourth-order valence-electron chi connectivity index (χ4n) is 1.74. The molecule has 104 valence electrons. The van der Waals surface area contributed by atoms with Gasteiger partial charge in [-0.15, -0.1) is 0 Å². The van der Waals surface area contributed by atoms with Crippen LogP contribution in [0, 0.1) is 0 Å². The highest BCUT2D eigenvalue weighted by atomic mass is 16.2. The van der Waals surface area contributed by atoms with Crippen LogP contribution in [0.2, 0.25) is 0 Å². The van der Waals surface area contributed by atoms with Crippen LogP contribution in [0.3, 0.4) is 0 Å². The second kappa shape index (κ2) is 5.54. The highest BCUT2D eigenvalue weighted by molar-refractivity contribution is 6.07. The maximum atomic E-state index is 12.1. The molecule has 2 aromatic rings. The summed E-state index contributed by atoms with van der Waals surface area (Å²) in [6.07, 6.45) is 1.31. The summed E-state index contributed by atoms with van der Waals surface area (Å²) in [6.45, 7) is 0.412. The minimum absolute atomic E-state index is 0.166. The molecule has 1 aromatic heterocycles. The quantitative estimate of drug-likeness (QED) is 0.739. The molecule has 5 N–H and O–H groups in total. The maximum absolute atomic E-state index is 12.1. The van der Waals surface area contributed by atoms with Crippen molar-refractivity contribution in [1.82, 2.24) is 9.78 Å². The molecule has 7 heteroatoms. The molecule has 0 spiro atoms. The first-order chi connectivity index (χ1) is 9.52. The van der Waals surface area contributed by atoms with Crippen molar-refractivity contribution in [2.75, 3.05) is 5.32 Å². The predicted molar refractivity (Wildman–Crippen MR) is 74.0 cm³/mol. The Hall–Kier alpha value is -2.67. The highest BCUT2D eigenvalue weighted by Crippen LogP contribution is 2.15. The molecule has 0 saturated heterocycles. The number of hydrogen-bond acceptors (Lipinski definition) is 4. The van der Waals surface area contributed by atoms with Gasteiger partial charge in [0.15, 0.2) is 0 Å². The van der Waals surface area contributed by atoms with Crippen molar-refractivity contribution in [3.8, 4) is 0 Å². The number of nitrogens with zero attached hydrogens (tertiary/aromatic N) is 2. The smallest absolute Gasteiger partial charge is 0.256 e. The number of benzene rings is 1. The van der Waals surface area contributed by atoms with Gasteiger partial charge < -0.3 is 16.8 Å². The van der Waals surface area contributed by atoms with Gasteiger partial charge >= 0.3 is 0 Å². The average Bonchev–Trinajstić information content (AvgIpc) is 2.80. The van der Waals surface area contributed by atoms with Crippen molar-refractivity contribution in [2.45, 2.75) is 6.54 Å². The zero-order valence-corrected chi connectivity index (χ0v) is 11.0. The Morgan fingerprint density at radius 1 is 1.30 bits per heavy atom. The van der Waals surface area contributed by atoms with Gasteiger partial charge in [0.05, 0.1) is 6.20 Å². The molecule has 0 aliphatic rings. The monoisotopic (exact) mass is 273 g/mol. The molecule has 1 heterocycles. The van der Waals surface area contributed by atoms with Gasteiger partial charge in [-0.05, 0) is 17.7 Å². The Kier molecular flexibility index (Phi) is 3.81. The van der Waals surface area contributed by atoms with Crippen LogP contribution >= 0.6 is 0 Å². The van der Waals surface area contributed by atoms with Crippen molar-refractivity contribution in [1.29, 1.82) is 0 Å². The van der Waals surface area contributed by atoms with Gasteiger partial charge in [-0.25, -0.2) is 0 Å².